The van der Waals surface area contributed by atoms with E-state index in [1.807, 2.05) is 11.8 Å². The fourth-order valence-corrected chi connectivity index (χ4v) is 0.900. The number of nitrogens with zero attached hydrogens (tertiary/aromatic N) is 1. The first-order valence-electron chi connectivity index (χ1n) is 1.97. The quantitative estimate of drug-likeness (QED) is 0.443. The number of thioether (sulfide) groups is 1. The summed E-state index contributed by atoms with van der Waals surface area (Å²) in [5.74, 6) is 2.14. The van der Waals surface area contributed by atoms with Crippen molar-refractivity contribution in [2.45, 2.75) is 6.42 Å². The minimum Gasteiger partial charge on any atom is -0.277 e. The first-order valence-corrected chi connectivity index (χ1v) is 3.13. The number of aliphatic imine (C=N–C) groups is 1. The van der Waals surface area contributed by atoms with E-state index in [4.69, 9.17) is 0 Å². The summed E-state index contributed by atoms with van der Waals surface area (Å²) in [5.41, 5.74) is 0. The van der Waals surface area contributed by atoms with Crippen LogP contribution in [0.4, 0.5) is 0 Å². The van der Waals surface area contributed by atoms with Gasteiger partial charge in [0.1, 0.15) is 0 Å². The van der Waals surface area contributed by atoms with Gasteiger partial charge in [-0.15, -0.1) is 11.8 Å². The van der Waals surface area contributed by atoms with E-state index in [0.717, 1.165) is 12.3 Å². The van der Waals surface area contributed by atoms with Crippen LogP contribution >= 0.6 is 11.8 Å². The predicted octanol–water partition coefficient (Wildman–Crippen LogP) is 1.03. The van der Waals surface area contributed by atoms with Crippen molar-refractivity contribution in [3.63, 3.8) is 0 Å². The van der Waals surface area contributed by atoms with Gasteiger partial charge in [0, 0.05) is 12.2 Å². The fourth-order valence-electron chi connectivity index (χ4n) is 0.353. The molecule has 0 aromatic carbocycles. The monoisotopic (exact) mass is 100 g/mol. The van der Waals surface area contributed by atoms with E-state index in [0.29, 0.717) is 0 Å². The molecule has 0 fully saturated rings. The summed E-state index contributed by atoms with van der Waals surface area (Å²) in [4.78, 5) is 3.89. The average Bonchev–Trinajstić information content (AvgIpc) is 1.72. The largest absolute Gasteiger partial charge is 0.277 e. The van der Waals surface area contributed by atoms with Crippen LogP contribution in [-0.4, -0.2) is 17.8 Å². The highest BCUT2D eigenvalue weighted by Gasteiger charge is 1.88. The number of rotatable bonds is 0. The van der Waals surface area contributed by atoms with Gasteiger partial charge in [-0.25, -0.2) is 0 Å². The lowest BCUT2D eigenvalue weighted by Gasteiger charge is -1.96. The Morgan fingerprint density at radius 1 is 1.67 bits per heavy atom. The minimum absolute atomic E-state index is 0.931. The molecule has 33 valence electrons. The molecule has 1 heterocycles. The van der Waals surface area contributed by atoms with Gasteiger partial charge in [0.2, 0.25) is 0 Å². The summed E-state index contributed by atoms with van der Waals surface area (Å²) in [5, 5.41) is 0. The molecule has 0 spiro atoms. The molecule has 1 aliphatic rings. The Morgan fingerprint density at radius 2 is 2.67 bits per heavy atom. The molecule has 0 unspecified atom stereocenters. The van der Waals surface area contributed by atoms with Crippen LogP contribution in [0.3, 0.4) is 0 Å². The first-order chi connectivity index (χ1) is 3.00. The second-order valence-corrected chi connectivity index (χ2v) is 2.18. The van der Waals surface area contributed by atoms with Gasteiger partial charge in [-0.2, -0.15) is 0 Å². The van der Waals surface area contributed by atoms with Crippen molar-refractivity contribution in [2.75, 3.05) is 11.6 Å². The van der Waals surface area contributed by atoms with E-state index < -0.39 is 0 Å². The standard InChI is InChI=1S/C4H6NS/c1-2-5-4-6-3-1/h1,3-4H2. The lowest BCUT2D eigenvalue weighted by molar-refractivity contribution is 1.24. The fraction of sp³-hybridized carbons (Fsp3) is 0.750. The Bertz CT molecular complexity index is 52.6. The molecule has 1 rings (SSSR count). The van der Waals surface area contributed by atoms with E-state index in [1.54, 1.807) is 0 Å². The molecule has 0 N–H and O–H groups in total. The molecule has 0 saturated heterocycles. The zero-order valence-electron chi connectivity index (χ0n) is 3.48. The highest BCUT2D eigenvalue weighted by molar-refractivity contribution is 7.99. The second kappa shape index (κ2) is 2.24. The number of hydrogen-bond acceptors (Lipinski definition) is 2. The Morgan fingerprint density at radius 3 is 2.83 bits per heavy atom. The summed E-state index contributed by atoms with van der Waals surface area (Å²) in [6, 6.07) is 0. The Kier molecular flexibility index (Phi) is 1.56. The summed E-state index contributed by atoms with van der Waals surface area (Å²) in [7, 11) is 0. The van der Waals surface area contributed by atoms with Crippen LogP contribution in [0.1, 0.15) is 6.42 Å². The second-order valence-electron chi connectivity index (χ2n) is 1.10. The van der Waals surface area contributed by atoms with Crippen LogP contribution < -0.4 is 0 Å². The molecular formula is C4H6NS. The Balaban J connectivity index is 2.26. The van der Waals surface area contributed by atoms with Gasteiger partial charge in [0.15, 0.2) is 0 Å². The van der Waals surface area contributed by atoms with Gasteiger partial charge < -0.3 is 0 Å². The summed E-state index contributed by atoms with van der Waals surface area (Å²) in [6.07, 6.45) is 3.94. The maximum atomic E-state index is 3.89. The van der Waals surface area contributed by atoms with Gasteiger partial charge in [0.05, 0.1) is 12.1 Å². The van der Waals surface area contributed by atoms with Crippen LogP contribution in [0, 0.1) is 0 Å². The maximum absolute atomic E-state index is 3.89. The topological polar surface area (TPSA) is 12.4 Å². The van der Waals surface area contributed by atoms with E-state index in [-0.39, 0.29) is 0 Å². The van der Waals surface area contributed by atoms with E-state index in [9.17, 15) is 0 Å². The van der Waals surface area contributed by atoms with Crippen molar-refractivity contribution >= 4 is 18.0 Å². The molecule has 1 nitrogen and oxygen atoms in total. The molecule has 0 aromatic rings. The molecular weight excluding hydrogens is 94.1 g/mol. The first kappa shape index (κ1) is 4.19. The highest BCUT2D eigenvalue weighted by atomic mass is 32.2. The lowest BCUT2D eigenvalue weighted by atomic mass is 10.5. The van der Waals surface area contributed by atoms with Crippen LogP contribution in [0.2, 0.25) is 0 Å². The van der Waals surface area contributed by atoms with Gasteiger partial charge in [0.25, 0.3) is 0 Å². The highest BCUT2D eigenvalue weighted by Crippen LogP contribution is 2.04. The van der Waals surface area contributed by atoms with E-state index in [2.05, 4.69) is 11.2 Å². The molecule has 0 aliphatic carbocycles. The third kappa shape index (κ3) is 1.01. The van der Waals surface area contributed by atoms with Gasteiger partial charge in [-0.05, 0) is 0 Å². The van der Waals surface area contributed by atoms with Crippen LogP contribution in [-0.2, 0) is 0 Å². The van der Waals surface area contributed by atoms with Gasteiger partial charge in [-0.3, -0.25) is 4.99 Å². The molecule has 0 saturated carbocycles. The summed E-state index contributed by atoms with van der Waals surface area (Å²) < 4.78 is 0. The van der Waals surface area contributed by atoms with Gasteiger partial charge in [-0.1, -0.05) is 0 Å². The van der Waals surface area contributed by atoms with Crippen LogP contribution in [0.15, 0.2) is 4.99 Å². The third-order valence-corrected chi connectivity index (χ3v) is 1.43. The average molecular weight is 100 g/mol. The molecule has 1 aliphatic heterocycles. The zero-order chi connectivity index (χ0) is 4.24. The Hall–Kier alpha value is 0.0200. The number of hydrogen-bond donors (Lipinski definition) is 0. The van der Waals surface area contributed by atoms with Crippen molar-refractivity contribution in [1.82, 2.24) is 0 Å². The van der Waals surface area contributed by atoms with Crippen molar-refractivity contribution < 1.29 is 0 Å². The molecule has 1 radical (unpaired) electrons. The maximum Gasteiger partial charge on any atom is 0.0848 e. The molecule has 0 aromatic heterocycles. The molecule has 6 heavy (non-hydrogen) atoms. The normalized spacial score (nSPS) is 21.3. The van der Waals surface area contributed by atoms with Crippen LogP contribution in [0.5, 0.6) is 0 Å². The zero-order valence-corrected chi connectivity index (χ0v) is 4.29. The lowest BCUT2D eigenvalue weighted by Crippen LogP contribution is -1.88. The van der Waals surface area contributed by atoms with E-state index in [1.165, 1.54) is 5.75 Å². The molecule has 0 atom stereocenters. The SMILES string of the molecule is [C]1=NCSCC1. The van der Waals surface area contributed by atoms with Crippen molar-refractivity contribution in [2.24, 2.45) is 4.99 Å². The minimum atomic E-state index is 0.931. The predicted molar refractivity (Wildman–Crippen MR) is 29.4 cm³/mol. The summed E-state index contributed by atoms with van der Waals surface area (Å²) >= 11 is 1.87. The Labute approximate surface area is 41.8 Å². The molecule has 0 amide bonds. The smallest absolute Gasteiger partial charge is 0.0848 e. The molecule has 0 bridgehead atoms. The molecule has 2 heteroatoms. The van der Waals surface area contributed by atoms with Crippen LogP contribution in [0.25, 0.3) is 0 Å². The van der Waals surface area contributed by atoms with Gasteiger partial charge >= 0.3 is 0 Å². The third-order valence-electron chi connectivity index (χ3n) is 0.626. The van der Waals surface area contributed by atoms with Crippen molar-refractivity contribution in [1.29, 1.82) is 0 Å². The van der Waals surface area contributed by atoms with Crippen molar-refractivity contribution in [3.8, 4) is 0 Å². The van der Waals surface area contributed by atoms with Crippen molar-refractivity contribution in [3.05, 3.63) is 0 Å². The summed E-state index contributed by atoms with van der Waals surface area (Å²) in [6.45, 7) is 0. The van der Waals surface area contributed by atoms with E-state index >= 15 is 0 Å².